The Kier molecular flexibility index (Phi) is 4.67. The molecule has 0 amide bonds. The van der Waals surface area contributed by atoms with Crippen LogP contribution in [-0.2, 0) is 24.2 Å². The van der Waals surface area contributed by atoms with E-state index < -0.39 is 0 Å². The third-order valence-electron chi connectivity index (χ3n) is 4.88. The molecule has 0 aromatic carbocycles. The first-order chi connectivity index (χ1) is 12.5. The van der Waals surface area contributed by atoms with Crippen molar-refractivity contribution in [1.82, 2.24) is 9.97 Å². The van der Waals surface area contributed by atoms with Gasteiger partial charge in [0.1, 0.15) is 22.1 Å². The second-order valence-corrected chi connectivity index (χ2v) is 9.01. The largest absolute Gasteiger partial charge is 0.453 e. The zero-order valence-electron chi connectivity index (χ0n) is 14.8. The second-order valence-electron chi connectivity index (χ2n) is 6.67. The fourth-order valence-corrected chi connectivity index (χ4v) is 5.54. The summed E-state index contributed by atoms with van der Waals surface area (Å²) in [6.07, 6.45) is 5.72. The number of hydrogen-bond acceptors (Lipinski definition) is 6. The molecule has 0 bridgehead atoms. The number of ether oxygens (including phenoxy) is 1. The van der Waals surface area contributed by atoms with E-state index in [0.29, 0.717) is 20.9 Å². The van der Waals surface area contributed by atoms with Gasteiger partial charge in [-0.2, -0.15) is 0 Å². The van der Waals surface area contributed by atoms with E-state index in [2.05, 4.69) is 9.97 Å². The summed E-state index contributed by atoms with van der Waals surface area (Å²) in [5, 5.41) is 0.629. The smallest absolute Gasteiger partial charge is 0.348 e. The molecule has 1 N–H and O–H groups in total. The van der Waals surface area contributed by atoms with Crippen LogP contribution in [0.4, 0.5) is 0 Å². The van der Waals surface area contributed by atoms with Gasteiger partial charge in [-0.15, -0.1) is 22.7 Å². The number of carbonyl (C=O) groups excluding carboxylic acids is 1. The summed E-state index contributed by atoms with van der Waals surface area (Å²) in [5.74, 6) is 0.0413. The summed E-state index contributed by atoms with van der Waals surface area (Å²) >= 11 is 3.03. The number of carbonyl (C=O) groups is 1. The molecule has 4 rings (SSSR count). The molecule has 3 aromatic heterocycles. The molecule has 0 aliphatic heterocycles. The molecule has 0 atom stereocenters. The lowest BCUT2D eigenvalue weighted by Crippen LogP contribution is -2.14. The molecular formula is C19H20N2O3S2. The first-order valence-electron chi connectivity index (χ1n) is 8.80. The predicted molar refractivity (Wildman–Crippen MR) is 104 cm³/mol. The molecule has 1 aliphatic rings. The molecule has 3 heterocycles. The van der Waals surface area contributed by atoms with Crippen LogP contribution < -0.4 is 5.56 Å². The minimum atomic E-state index is -0.343. The topological polar surface area (TPSA) is 72.0 Å². The molecular weight excluding hydrogens is 368 g/mol. The molecule has 7 heteroatoms. The molecule has 0 radical (unpaired) electrons. The number of hydrogen-bond donors (Lipinski definition) is 1. The molecule has 0 unspecified atom stereocenters. The fourth-order valence-electron chi connectivity index (χ4n) is 3.34. The number of esters is 1. The van der Waals surface area contributed by atoms with Crippen LogP contribution in [0.15, 0.2) is 10.9 Å². The van der Waals surface area contributed by atoms with Crippen LogP contribution in [0.1, 0.15) is 55.6 Å². The maximum absolute atomic E-state index is 12.4. The minimum absolute atomic E-state index is 0.0252. The summed E-state index contributed by atoms with van der Waals surface area (Å²) in [6.45, 7) is 3.87. The molecule has 0 fully saturated rings. The van der Waals surface area contributed by atoms with Crippen LogP contribution in [0.2, 0.25) is 0 Å². The summed E-state index contributed by atoms with van der Waals surface area (Å²) in [7, 11) is 0. The third-order valence-corrected chi connectivity index (χ3v) is 7.19. The number of aromatic nitrogens is 2. The average Bonchev–Trinajstić information content (AvgIpc) is 3.06. The Morgan fingerprint density at radius 3 is 2.88 bits per heavy atom. The normalized spacial score (nSPS) is 14.2. The standard InChI is InChI=1S/C19H20N2O3S2/c1-10-11(2)25-18-16(10)17(22)20-15(21-18)9-24-19(23)14-8-12-6-4-3-5-7-13(12)26-14/h8H,3-7,9H2,1-2H3,(H,20,21,22). The Morgan fingerprint density at radius 2 is 2.04 bits per heavy atom. The Bertz CT molecular complexity index is 1020. The number of thiophene rings is 2. The van der Waals surface area contributed by atoms with E-state index in [1.54, 1.807) is 0 Å². The summed E-state index contributed by atoms with van der Waals surface area (Å²) in [5.41, 5.74) is 2.07. The van der Waals surface area contributed by atoms with Crippen molar-refractivity contribution in [2.75, 3.05) is 0 Å². The fraction of sp³-hybridized carbons (Fsp3) is 0.421. The Labute approximate surface area is 159 Å². The van der Waals surface area contributed by atoms with E-state index in [-0.39, 0.29) is 18.1 Å². The van der Waals surface area contributed by atoms with Gasteiger partial charge in [-0.05, 0) is 56.7 Å². The first kappa shape index (κ1) is 17.4. The lowest BCUT2D eigenvalue weighted by atomic mass is 10.1. The number of H-pyrrole nitrogens is 1. The van der Waals surface area contributed by atoms with Crippen molar-refractivity contribution in [3.05, 3.63) is 48.0 Å². The number of nitrogens with zero attached hydrogens (tertiary/aromatic N) is 1. The van der Waals surface area contributed by atoms with Crippen LogP contribution in [0.3, 0.4) is 0 Å². The monoisotopic (exact) mass is 388 g/mol. The zero-order chi connectivity index (χ0) is 18.3. The number of fused-ring (bicyclic) bond motifs is 2. The minimum Gasteiger partial charge on any atom is -0.453 e. The third kappa shape index (κ3) is 3.21. The predicted octanol–water partition coefficient (Wildman–Crippen LogP) is 4.29. The van der Waals surface area contributed by atoms with E-state index in [4.69, 9.17) is 4.74 Å². The van der Waals surface area contributed by atoms with E-state index in [1.165, 1.54) is 52.4 Å². The second kappa shape index (κ2) is 6.96. The van der Waals surface area contributed by atoms with E-state index in [0.717, 1.165) is 23.3 Å². The van der Waals surface area contributed by atoms with Crippen LogP contribution in [0, 0.1) is 13.8 Å². The van der Waals surface area contributed by atoms with Gasteiger partial charge in [0.05, 0.1) is 5.39 Å². The van der Waals surface area contributed by atoms with Gasteiger partial charge >= 0.3 is 5.97 Å². The zero-order valence-corrected chi connectivity index (χ0v) is 16.4. The maximum Gasteiger partial charge on any atom is 0.348 e. The van der Waals surface area contributed by atoms with Gasteiger partial charge < -0.3 is 9.72 Å². The molecule has 0 saturated carbocycles. The van der Waals surface area contributed by atoms with Crippen molar-refractivity contribution in [1.29, 1.82) is 0 Å². The van der Waals surface area contributed by atoms with Crippen molar-refractivity contribution in [3.63, 3.8) is 0 Å². The van der Waals surface area contributed by atoms with Crippen molar-refractivity contribution < 1.29 is 9.53 Å². The van der Waals surface area contributed by atoms with Gasteiger partial charge in [-0.3, -0.25) is 4.79 Å². The Balaban J connectivity index is 1.51. The van der Waals surface area contributed by atoms with Crippen molar-refractivity contribution >= 4 is 38.9 Å². The molecule has 5 nitrogen and oxygen atoms in total. The Morgan fingerprint density at radius 1 is 1.23 bits per heavy atom. The summed E-state index contributed by atoms with van der Waals surface area (Å²) in [4.78, 5) is 35.6. The van der Waals surface area contributed by atoms with E-state index >= 15 is 0 Å². The molecule has 1 aliphatic carbocycles. The summed E-state index contributed by atoms with van der Waals surface area (Å²) < 4.78 is 5.41. The number of aromatic amines is 1. The van der Waals surface area contributed by atoms with Gasteiger partial charge in [0.15, 0.2) is 0 Å². The number of nitrogens with one attached hydrogen (secondary N) is 1. The quantitative estimate of drug-likeness (QED) is 0.537. The van der Waals surface area contributed by atoms with Gasteiger partial charge in [-0.1, -0.05) is 6.42 Å². The van der Waals surface area contributed by atoms with Crippen molar-refractivity contribution in [2.24, 2.45) is 0 Å². The SMILES string of the molecule is Cc1sc2nc(COC(=O)c3cc4c(s3)CCCCC4)[nH]c(=O)c2c1C. The molecule has 3 aromatic rings. The molecule has 0 saturated heterocycles. The lowest BCUT2D eigenvalue weighted by Gasteiger charge is -2.03. The van der Waals surface area contributed by atoms with Gasteiger partial charge in [0, 0.05) is 9.75 Å². The van der Waals surface area contributed by atoms with Crippen LogP contribution in [0.5, 0.6) is 0 Å². The average molecular weight is 389 g/mol. The van der Waals surface area contributed by atoms with Crippen molar-refractivity contribution in [2.45, 2.75) is 52.6 Å². The van der Waals surface area contributed by atoms with Crippen LogP contribution in [0.25, 0.3) is 10.2 Å². The van der Waals surface area contributed by atoms with Crippen LogP contribution >= 0.6 is 22.7 Å². The number of aryl methyl sites for hydroxylation is 4. The van der Waals surface area contributed by atoms with Gasteiger partial charge in [0.2, 0.25) is 0 Å². The van der Waals surface area contributed by atoms with Crippen molar-refractivity contribution in [3.8, 4) is 0 Å². The molecule has 0 spiro atoms. The van der Waals surface area contributed by atoms with Crippen LogP contribution in [-0.4, -0.2) is 15.9 Å². The highest BCUT2D eigenvalue weighted by Crippen LogP contribution is 2.29. The van der Waals surface area contributed by atoms with E-state index in [9.17, 15) is 9.59 Å². The summed E-state index contributed by atoms with van der Waals surface area (Å²) in [6, 6.07) is 1.97. The van der Waals surface area contributed by atoms with Gasteiger partial charge in [-0.25, -0.2) is 9.78 Å². The lowest BCUT2D eigenvalue weighted by molar-refractivity contribution is 0.0468. The molecule has 26 heavy (non-hydrogen) atoms. The highest BCUT2D eigenvalue weighted by atomic mass is 32.1. The Hall–Kier alpha value is -1.99. The highest BCUT2D eigenvalue weighted by molar-refractivity contribution is 7.18. The maximum atomic E-state index is 12.4. The number of rotatable bonds is 3. The van der Waals surface area contributed by atoms with E-state index in [1.807, 2.05) is 19.9 Å². The molecule has 136 valence electrons. The van der Waals surface area contributed by atoms with Gasteiger partial charge in [0.25, 0.3) is 5.56 Å². The highest BCUT2D eigenvalue weighted by Gasteiger charge is 2.18. The first-order valence-corrected chi connectivity index (χ1v) is 10.4.